The summed E-state index contributed by atoms with van der Waals surface area (Å²) in [6.45, 7) is 7.91. The van der Waals surface area contributed by atoms with Crippen molar-refractivity contribution in [3.05, 3.63) is 59.2 Å². The summed E-state index contributed by atoms with van der Waals surface area (Å²) in [6, 6.07) is 13.6. The number of amides is 1. The highest BCUT2D eigenvalue weighted by atomic mass is 16.5. The molecule has 4 heteroatoms. The van der Waals surface area contributed by atoms with Crippen LogP contribution in [0.5, 0.6) is 11.5 Å². The second-order valence-electron chi connectivity index (χ2n) is 6.29. The van der Waals surface area contributed by atoms with E-state index in [0.717, 1.165) is 28.2 Å². The lowest BCUT2D eigenvalue weighted by Crippen LogP contribution is -2.39. The number of aryl methyl sites for hydroxylation is 2. The van der Waals surface area contributed by atoms with Gasteiger partial charge < -0.3 is 14.8 Å². The predicted octanol–water partition coefficient (Wildman–Crippen LogP) is 4.35. The fourth-order valence-electron chi connectivity index (χ4n) is 2.59. The van der Waals surface area contributed by atoms with Gasteiger partial charge in [-0.25, -0.2) is 0 Å². The molecule has 2 unspecified atom stereocenters. The van der Waals surface area contributed by atoms with Gasteiger partial charge >= 0.3 is 0 Å². The van der Waals surface area contributed by atoms with E-state index < -0.39 is 6.10 Å². The summed E-state index contributed by atoms with van der Waals surface area (Å²) in [6.07, 6.45) is 0.0929. The van der Waals surface area contributed by atoms with Crippen molar-refractivity contribution in [2.75, 3.05) is 7.11 Å². The van der Waals surface area contributed by atoms with Crippen LogP contribution >= 0.6 is 0 Å². The van der Waals surface area contributed by atoms with Gasteiger partial charge in [-0.1, -0.05) is 31.2 Å². The number of nitrogens with one attached hydrogen (secondary N) is 1. The number of hydrogen-bond acceptors (Lipinski definition) is 3. The first kappa shape index (κ1) is 18.8. The molecule has 0 aliphatic carbocycles. The quantitative estimate of drug-likeness (QED) is 0.814. The lowest BCUT2D eigenvalue weighted by atomic mass is 10.1. The molecule has 134 valence electrons. The zero-order chi connectivity index (χ0) is 18.4. The molecule has 0 aliphatic heterocycles. The third-order valence-corrected chi connectivity index (χ3v) is 4.25. The molecular formula is C21H27NO3. The normalized spacial score (nSPS) is 13.0. The second-order valence-corrected chi connectivity index (χ2v) is 6.29. The van der Waals surface area contributed by atoms with E-state index in [9.17, 15) is 4.79 Å². The molecule has 0 aromatic heterocycles. The van der Waals surface area contributed by atoms with Gasteiger partial charge in [0.1, 0.15) is 11.5 Å². The van der Waals surface area contributed by atoms with Crippen molar-refractivity contribution in [1.82, 2.24) is 5.32 Å². The van der Waals surface area contributed by atoms with Crippen LogP contribution < -0.4 is 14.8 Å². The minimum Gasteiger partial charge on any atom is -0.497 e. The summed E-state index contributed by atoms with van der Waals surface area (Å²) in [4.78, 5) is 12.6. The summed E-state index contributed by atoms with van der Waals surface area (Å²) in [5, 5.41) is 3.03. The second kappa shape index (κ2) is 8.56. The zero-order valence-corrected chi connectivity index (χ0v) is 15.6. The first-order valence-electron chi connectivity index (χ1n) is 8.62. The van der Waals surface area contributed by atoms with Crippen LogP contribution in [-0.4, -0.2) is 19.1 Å². The van der Waals surface area contributed by atoms with Crippen molar-refractivity contribution in [2.24, 2.45) is 0 Å². The Balaban J connectivity index is 2.04. The van der Waals surface area contributed by atoms with Crippen LogP contribution in [0.3, 0.4) is 0 Å². The number of methoxy groups -OCH3 is 1. The number of carbonyl (C=O) groups is 1. The van der Waals surface area contributed by atoms with Gasteiger partial charge in [-0.2, -0.15) is 0 Å². The van der Waals surface area contributed by atoms with E-state index in [-0.39, 0.29) is 11.9 Å². The molecule has 0 aliphatic rings. The number of benzene rings is 2. The maximum Gasteiger partial charge on any atom is 0.261 e. The van der Waals surface area contributed by atoms with Crippen LogP contribution in [0.15, 0.2) is 42.5 Å². The maximum absolute atomic E-state index is 12.6. The summed E-state index contributed by atoms with van der Waals surface area (Å²) >= 11 is 0. The zero-order valence-electron chi connectivity index (χ0n) is 15.6. The van der Waals surface area contributed by atoms with Gasteiger partial charge in [0.2, 0.25) is 0 Å². The highest BCUT2D eigenvalue weighted by molar-refractivity contribution is 5.81. The van der Waals surface area contributed by atoms with E-state index in [1.54, 1.807) is 7.11 Å². The average molecular weight is 341 g/mol. The molecular weight excluding hydrogens is 314 g/mol. The monoisotopic (exact) mass is 341 g/mol. The van der Waals surface area contributed by atoms with Crippen LogP contribution in [0, 0.1) is 13.8 Å². The van der Waals surface area contributed by atoms with Crippen molar-refractivity contribution in [3.63, 3.8) is 0 Å². The molecule has 0 radical (unpaired) electrons. The van der Waals surface area contributed by atoms with Gasteiger partial charge in [0.15, 0.2) is 6.10 Å². The fourth-order valence-corrected chi connectivity index (χ4v) is 2.59. The van der Waals surface area contributed by atoms with Crippen molar-refractivity contribution >= 4 is 5.91 Å². The van der Waals surface area contributed by atoms with Crippen LogP contribution in [-0.2, 0) is 4.79 Å². The van der Waals surface area contributed by atoms with Crippen molar-refractivity contribution in [1.29, 1.82) is 0 Å². The lowest BCUT2D eigenvalue weighted by Gasteiger charge is -2.22. The number of hydrogen-bond donors (Lipinski definition) is 1. The number of rotatable bonds is 7. The molecule has 0 heterocycles. The molecule has 25 heavy (non-hydrogen) atoms. The third-order valence-electron chi connectivity index (χ3n) is 4.25. The first-order chi connectivity index (χ1) is 11.9. The summed E-state index contributed by atoms with van der Waals surface area (Å²) in [7, 11) is 1.64. The Morgan fingerprint density at radius 2 is 1.80 bits per heavy atom. The third kappa shape index (κ3) is 4.99. The Morgan fingerprint density at radius 1 is 1.12 bits per heavy atom. The van der Waals surface area contributed by atoms with E-state index in [2.05, 4.69) is 5.32 Å². The largest absolute Gasteiger partial charge is 0.497 e. The smallest absolute Gasteiger partial charge is 0.261 e. The average Bonchev–Trinajstić information content (AvgIpc) is 2.62. The molecule has 1 amide bonds. The maximum atomic E-state index is 12.6. The Hall–Kier alpha value is -2.49. The summed E-state index contributed by atoms with van der Waals surface area (Å²) < 4.78 is 11.1. The Morgan fingerprint density at radius 3 is 2.40 bits per heavy atom. The molecule has 2 rings (SSSR count). The Labute approximate surface area is 150 Å². The SMILES string of the molecule is CCC(Oc1cc(C)ccc1C)C(=O)NC(C)c1ccc(OC)cc1. The first-order valence-corrected chi connectivity index (χ1v) is 8.62. The van der Waals surface area contributed by atoms with Gasteiger partial charge in [0, 0.05) is 0 Å². The lowest BCUT2D eigenvalue weighted by molar-refractivity contribution is -0.128. The molecule has 1 N–H and O–H groups in total. The van der Waals surface area contributed by atoms with Crippen LogP contribution in [0.2, 0.25) is 0 Å². The fraction of sp³-hybridized carbons (Fsp3) is 0.381. The highest BCUT2D eigenvalue weighted by Crippen LogP contribution is 2.22. The van der Waals surface area contributed by atoms with Crippen LogP contribution in [0.25, 0.3) is 0 Å². The van der Waals surface area contributed by atoms with E-state index in [0.29, 0.717) is 6.42 Å². The number of ether oxygens (including phenoxy) is 2. The Kier molecular flexibility index (Phi) is 6.45. The highest BCUT2D eigenvalue weighted by Gasteiger charge is 2.21. The van der Waals surface area contributed by atoms with Crippen LogP contribution in [0.4, 0.5) is 0 Å². The van der Waals surface area contributed by atoms with Gasteiger partial charge in [-0.15, -0.1) is 0 Å². The Bertz CT molecular complexity index is 710. The number of carbonyl (C=O) groups excluding carboxylic acids is 1. The molecule has 0 saturated heterocycles. The van der Waals surface area contributed by atoms with Gasteiger partial charge in [0.05, 0.1) is 13.2 Å². The van der Waals surface area contributed by atoms with E-state index in [1.807, 2.05) is 70.2 Å². The van der Waals surface area contributed by atoms with Crippen molar-refractivity contribution < 1.29 is 14.3 Å². The minimum absolute atomic E-state index is 0.102. The topological polar surface area (TPSA) is 47.6 Å². The van der Waals surface area contributed by atoms with Crippen molar-refractivity contribution in [2.45, 2.75) is 46.3 Å². The molecule has 2 aromatic rings. The van der Waals surface area contributed by atoms with Gasteiger partial charge in [-0.3, -0.25) is 4.79 Å². The molecule has 0 spiro atoms. The molecule has 2 atom stereocenters. The van der Waals surface area contributed by atoms with Gasteiger partial charge in [0.25, 0.3) is 5.91 Å². The van der Waals surface area contributed by atoms with Crippen molar-refractivity contribution in [3.8, 4) is 11.5 Å². The molecule has 0 saturated carbocycles. The molecule has 0 fully saturated rings. The summed E-state index contributed by atoms with van der Waals surface area (Å²) in [5.41, 5.74) is 3.17. The van der Waals surface area contributed by atoms with Crippen LogP contribution in [0.1, 0.15) is 43.0 Å². The standard InChI is InChI=1S/C21H27NO3/c1-6-19(25-20-13-14(2)7-8-15(20)3)21(23)22-16(4)17-9-11-18(24-5)12-10-17/h7-13,16,19H,6H2,1-5H3,(H,22,23). The van der Waals surface area contributed by atoms with E-state index in [4.69, 9.17) is 9.47 Å². The molecule has 4 nitrogen and oxygen atoms in total. The summed E-state index contributed by atoms with van der Waals surface area (Å²) in [5.74, 6) is 1.46. The van der Waals surface area contributed by atoms with E-state index >= 15 is 0 Å². The predicted molar refractivity (Wildman–Crippen MR) is 100 cm³/mol. The minimum atomic E-state index is -0.513. The van der Waals surface area contributed by atoms with Gasteiger partial charge in [-0.05, 0) is 62.1 Å². The molecule has 2 aromatic carbocycles. The molecule has 0 bridgehead atoms. The van der Waals surface area contributed by atoms with E-state index in [1.165, 1.54) is 0 Å².